The van der Waals surface area contributed by atoms with Crippen LogP contribution in [0, 0.1) is 6.92 Å². The van der Waals surface area contributed by atoms with Gasteiger partial charge in [-0.15, -0.1) is 0 Å². The summed E-state index contributed by atoms with van der Waals surface area (Å²) in [6, 6.07) is 9.24. The van der Waals surface area contributed by atoms with Gasteiger partial charge in [-0.1, -0.05) is 0 Å². The van der Waals surface area contributed by atoms with Crippen molar-refractivity contribution in [3.8, 4) is 5.75 Å². The molecule has 0 bridgehead atoms. The molecule has 0 aliphatic rings. The van der Waals surface area contributed by atoms with Gasteiger partial charge in [0.1, 0.15) is 17.3 Å². The SMILES string of the molecule is COc1ccc(Br)c(C(=O)NCCCNCc2ccc(C)o2)c1. The van der Waals surface area contributed by atoms with Crippen molar-refractivity contribution in [2.75, 3.05) is 20.2 Å². The lowest BCUT2D eigenvalue weighted by atomic mass is 10.2. The zero-order valence-electron chi connectivity index (χ0n) is 13.3. The van der Waals surface area contributed by atoms with Crippen molar-refractivity contribution in [2.45, 2.75) is 19.9 Å². The highest BCUT2D eigenvalue weighted by Crippen LogP contribution is 2.22. The van der Waals surface area contributed by atoms with E-state index in [0.717, 1.165) is 29.0 Å². The molecule has 0 radical (unpaired) electrons. The summed E-state index contributed by atoms with van der Waals surface area (Å²) in [5.41, 5.74) is 0.573. The van der Waals surface area contributed by atoms with E-state index >= 15 is 0 Å². The molecule has 1 aromatic carbocycles. The van der Waals surface area contributed by atoms with Crippen molar-refractivity contribution < 1.29 is 13.9 Å². The van der Waals surface area contributed by atoms with Gasteiger partial charge in [-0.05, 0) is 66.2 Å². The summed E-state index contributed by atoms with van der Waals surface area (Å²) in [7, 11) is 1.58. The molecule has 0 aliphatic heterocycles. The van der Waals surface area contributed by atoms with E-state index in [1.165, 1.54) is 0 Å². The number of benzene rings is 1. The molecule has 5 nitrogen and oxygen atoms in total. The number of halogens is 1. The van der Waals surface area contributed by atoms with Crippen LogP contribution in [0.1, 0.15) is 28.3 Å². The Morgan fingerprint density at radius 1 is 1.26 bits per heavy atom. The number of carbonyl (C=O) groups is 1. The maximum atomic E-state index is 12.2. The molecule has 0 aliphatic carbocycles. The fourth-order valence-corrected chi connectivity index (χ4v) is 2.53. The number of aryl methyl sites for hydroxylation is 1. The third-order valence-corrected chi connectivity index (χ3v) is 4.02. The number of furan rings is 1. The minimum absolute atomic E-state index is 0.113. The van der Waals surface area contributed by atoms with E-state index in [1.807, 2.05) is 19.1 Å². The maximum absolute atomic E-state index is 12.2. The van der Waals surface area contributed by atoms with Crippen molar-refractivity contribution >= 4 is 21.8 Å². The molecular weight excluding hydrogens is 360 g/mol. The van der Waals surface area contributed by atoms with Crippen LogP contribution in [0.4, 0.5) is 0 Å². The third-order valence-electron chi connectivity index (χ3n) is 3.33. The summed E-state index contributed by atoms with van der Waals surface area (Å²) in [5, 5.41) is 6.19. The Labute approximate surface area is 144 Å². The minimum Gasteiger partial charge on any atom is -0.497 e. The molecule has 1 heterocycles. The minimum atomic E-state index is -0.113. The maximum Gasteiger partial charge on any atom is 0.252 e. The Hall–Kier alpha value is -1.79. The molecule has 1 aromatic heterocycles. The highest BCUT2D eigenvalue weighted by atomic mass is 79.9. The molecule has 0 saturated heterocycles. The van der Waals surface area contributed by atoms with Gasteiger partial charge in [-0.3, -0.25) is 4.79 Å². The van der Waals surface area contributed by atoms with Gasteiger partial charge in [0.15, 0.2) is 0 Å². The van der Waals surface area contributed by atoms with Crippen molar-refractivity contribution in [3.63, 3.8) is 0 Å². The molecule has 2 N–H and O–H groups in total. The number of ether oxygens (including phenoxy) is 1. The van der Waals surface area contributed by atoms with Crippen LogP contribution in [-0.4, -0.2) is 26.1 Å². The Bertz CT molecular complexity index is 655. The Morgan fingerprint density at radius 2 is 2.09 bits per heavy atom. The van der Waals surface area contributed by atoms with E-state index in [9.17, 15) is 4.79 Å². The van der Waals surface area contributed by atoms with Crippen LogP contribution in [0.2, 0.25) is 0 Å². The summed E-state index contributed by atoms with van der Waals surface area (Å²) in [6.07, 6.45) is 0.840. The van der Waals surface area contributed by atoms with Gasteiger partial charge in [-0.2, -0.15) is 0 Å². The number of methoxy groups -OCH3 is 1. The first-order valence-corrected chi connectivity index (χ1v) is 8.27. The normalized spacial score (nSPS) is 10.6. The molecule has 0 saturated carbocycles. The molecule has 23 heavy (non-hydrogen) atoms. The van der Waals surface area contributed by atoms with Gasteiger partial charge in [0.2, 0.25) is 0 Å². The Balaban J connectivity index is 1.68. The second-order valence-electron chi connectivity index (χ2n) is 5.14. The molecule has 0 spiro atoms. The Morgan fingerprint density at radius 3 is 2.78 bits per heavy atom. The van der Waals surface area contributed by atoms with Crippen LogP contribution in [0.3, 0.4) is 0 Å². The second-order valence-corrected chi connectivity index (χ2v) is 6.00. The number of nitrogens with one attached hydrogen (secondary N) is 2. The lowest BCUT2D eigenvalue weighted by Crippen LogP contribution is -2.27. The lowest BCUT2D eigenvalue weighted by molar-refractivity contribution is 0.0952. The molecule has 2 rings (SSSR count). The number of carbonyl (C=O) groups excluding carboxylic acids is 1. The zero-order valence-corrected chi connectivity index (χ0v) is 14.9. The number of rotatable bonds is 8. The smallest absolute Gasteiger partial charge is 0.252 e. The first kappa shape index (κ1) is 17.6. The van der Waals surface area contributed by atoms with Crippen LogP contribution in [0.15, 0.2) is 39.2 Å². The van der Waals surface area contributed by atoms with E-state index in [1.54, 1.807) is 25.3 Å². The van der Waals surface area contributed by atoms with Gasteiger partial charge < -0.3 is 19.8 Å². The van der Waals surface area contributed by atoms with Crippen molar-refractivity contribution in [2.24, 2.45) is 0 Å². The monoisotopic (exact) mass is 380 g/mol. The molecule has 6 heteroatoms. The van der Waals surface area contributed by atoms with Crippen LogP contribution in [-0.2, 0) is 6.54 Å². The van der Waals surface area contributed by atoms with Crippen LogP contribution >= 0.6 is 15.9 Å². The fourth-order valence-electron chi connectivity index (χ4n) is 2.11. The first-order valence-electron chi connectivity index (χ1n) is 7.48. The van der Waals surface area contributed by atoms with E-state index in [-0.39, 0.29) is 5.91 Å². The largest absolute Gasteiger partial charge is 0.497 e. The predicted molar refractivity (Wildman–Crippen MR) is 92.8 cm³/mol. The summed E-state index contributed by atoms with van der Waals surface area (Å²) in [6.45, 7) is 4.03. The zero-order chi connectivity index (χ0) is 16.7. The summed E-state index contributed by atoms with van der Waals surface area (Å²) < 4.78 is 11.4. The topological polar surface area (TPSA) is 63.5 Å². The predicted octanol–water partition coefficient (Wildman–Crippen LogP) is 3.27. The number of hydrogen-bond donors (Lipinski definition) is 2. The first-order chi connectivity index (χ1) is 11.1. The molecule has 124 valence electrons. The van der Waals surface area contributed by atoms with Crippen LogP contribution < -0.4 is 15.4 Å². The molecule has 0 unspecified atom stereocenters. The Kier molecular flexibility index (Phi) is 6.67. The summed E-state index contributed by atoms with van der Waals surface area (Å²) in [4.78, 5) is 12.2. The molecular formula is C17H21BrN2O3. The molecule has 0 fully saturated rings. The third kappa shape index (κ3) is 5.41. The fraction of sp³-hybridized carbons (Fsp3) is 0.353. The lowest BCUT2D eigenvalue weighted by Gasteiger charge is -2.09. The van der Waals surface area contributed by atoms with E-state index in [2.05, 4.69) is 26.6 Å². The van der Waals surface area contributed by atoms with E-state index < -0.39 is 0 Å². The van der Waals surface area contributed by atoms with Gasteiger partial charge in [0.05, 0.1) is 19.2 Å². The van der Waals surface area contributed by atoms with Crippen LogP contribution in [0.25, 0.3) is 0 Å². The van der Waals surface area contributed by atoms with Crippen molar-refractivity contribution in [1.82, 2.24) is 10.6 Å². The summed E-state index contributed by atoms with van der Waals surface area (Å²) in [5.74, 6) is 2.39. The quantitative estimate of drug-likeness (QED) is 0.689. The van der Waals surface area contributed by atoms with Gasteiger partial charge in [0.25, 0.3) is 5.91 Å². The number of amides is 1. The van der Waals surface area contributed by atoms with E-state index in [4.69, 9.17) is 9.15 Å². The van der Waals surface area contributed by atoms with Crippen LogP contribution in [0.5, 0.6) is 5.75 Å². The van der Waals surface area contributed by atoms with Gasteiger partial charge in [-0.25, -0.2) is 0 Å². The standard InChI is InChI=1S/C17H21BrN2O3/c1-12-4-5-14(23-12)11-19-8-3-9-20-17(21)15-10-13(22-2)6-7-16(15)18/h4-7,10,19H,3,8-9,11H2,1-2H3,(H,20,21). The van der Waals surface area contributed by atoms with Gasteiger partial charge in [0, 0.05) is 11.0 Å². The average Bonchev–Trinajstić information content (AvgIpc) is 2.96. The second kappa shape index (κ2) is 8.74. The average molecular weight is 381 g/mol. The van der Waals surface area contributed by atoms with E-state index in [0.29, 0.717) is 24.4 Å². The molecule has 2 aromatic rings. The van der Waals surface area contributed by atoms with Crippen molar-refractivity contribution in [1.29, 1.82) is 0 Å². The molecule has 1 amide bonds. The molecule has 0 atom stereocenters. The highest BCUT2D eigenvalue weighted by molar-refractivity contribution is 9.10. The number of hydrogen-bond acceptors (Lipinski definition) is 4. The highest BCUT2D eigenvalue weighted by Gasteiger charge is 2.10. The summed E-state index contributed by atoms with van der Waals surface area (Å²) >= 11 is 3.38. The van der Waals surface area contributed by atoms with Crippen molar-refractivity contribution in [3.05, 3.63) is 51.9 Å². The van der Waals surface area contributed by atoms with Gasteiger partial charge >= 0.3 is 0 Å².